The molecule has 0 saturated heterocycles. The number of nitrogens with one attached hydrogen (secondary N) is 2. The highest BCUT2D eigenvalue weighted by molar-refractivity contribution is 5.94. The Labute approximate surface area is 163 Å². The molecule has 6 N–H and O–H groups in total. The van der Waals surface area contributed by atoms with Gasteiger partial charge in [0, 0.05) is 23.5 Å². The van der Waals surface area contributed by atoms with Gasteiger partial charge in [-0.05, 0) is 29.3 Å². The molecule has 2 heterocycles. The van der Waals surface area contributed by atoms with Crippen LogP contribution in [0.5, 0.6) is 0 Å². The molecule has 1 aromatic carbocycles. The van der Waals surface area contributed by atoms with Crippen molar-refractivity contribution in [2.24, 2.45) is 11.5 Å². The Kier molecular flexibility index (Phi) is 7.25. The zero-order valence-corrected chi connectivity index (χ0v) is 15.3. The highest BCUT2D eigenvalue weighted by Crippen LogP contribution is 2.25. The predicted molar refractivity (Wildman–Crippen MR) is 109 cm³/mol. The summed E-state index contributed by atoms with van der Waals surface area (Å²) >= 11 is 0. The van der Waals surface area contributed by atoms with Crippen LogP contribution in [0, 0.1) is 10.8 Å². The van der Waals surface area contributed by atoms with E-state index in [1.807, 2.05) is 36.4 Å². The minimum absolute atomic E-state index is 0. The van der Waals surface area contributed by atoms with Gasteiger partial charge in [-0.2, -0.15) is 0 Å². The molecule has 0 aliphatic heterocycles. The second-order valence-electron chi connectivity index (χ2n) is 5.27. The molecule has 0 amide bonds. The third-order valence-electron chi connectivity index (χ3n) is 3.61. The molecule has 0 unspecified atom stereocenters. The summed E-state index contributed by atoms with van der Waals surface area (Å²) in [5, 5.41) is 14.8. The summed E-state index contributed by atoms with van der Waals surface area (Å²) in [7, 11) is 0. The molecule has 3 aromatic rings. The summed E-state index contributed by atoms with van der Waals surface area (Å²) in [5.41, 5.74) is 15.7. The van der Waals surface area contributed by atoms with E-state index < -0.39 is 0 Å². The maximum Gasteiger partial charge on any atom is 0.141 e. The largest absolute Gasteiger partial charge is 0.382 e. The Morgan fingerprint density at radius 2 is 1.08 bits per heavy atom. The monoisotopic (exact) mass is 388 g/mol. The smallest absolute Gasteiger partial charge is 0.141 e. The number of halogens is 2. The maximum atomic E-state index is 7.39. The SMILES string of the molecule is Cl.Cl.N=C(N)c1ccc(-c2cccc(-c3ccc(C(=N)N)nc3)c2)cn1. The minimum Gasteiger partial charge on any atom is -0.382 e. The number of amidine groups is 2. The van der Waals surface area contributed by atoms with Crippen LogP contribution in [-0.4, -0.2) is 21.6 Å². The normalized spacial score (nSPS) is 9.54. The summed E-state index contributed by atoms with van der Waals surface area (Å²) in [5.74, 6) is -0.0983. The molecule has 2 aromatic heterocycles. The molecule has 6 nitrogen and oxygen atoms in total. The number of hydrogen-bond acceptors (Lipinski definition) is 4. The lowest BCUT2D eigenvalue weighted by Crippen LogP contribution is -2.12. The molecule has 134 valence electrons. The van der Waals surface area contributed by atoms with Crippen molar-refractivity contribution >= 4 is 36.5 Å². The summed E-state index contributed by atoms with van der Waals surface area (Å²) in [6, 6.07) is 15.2. The molecule has 0 spiro atoms. The minimum atomic E-state index is -0.0491. The molecule has 0 fully saturated rings. The number of nitrogens with two attached hydrogens (primary N) is 2. The summed E-state index contributed by atoms with van der Waals surface area (Å²) in [6.45, 7) is 0. The van der Waals surface area contributed by atoms with E-state index in [-0.39, 0.29) is 36.5 Å². The number of hydrogen-bond donors (Lipinski definition) is 4. The van der Waals surface area contributed by atoms with Gasteiger partial charge in [-0.15, -0.1) is 24.8 Å². The van der Waals surface area contributed by atoms with Crippen LogP contribution >= 0.6 is 24.8 Å². The number of nitrogens with zero attached hydrogens (tertiary/aromatic N) is 2. The Morgan fingerprint density at radius 3 is 1.38 bits per heavy atom. The second-order valence-corrected chi connectivity index (χ2v) is 5.27. The van der Waals surface area contributed by atoms with Crippen molar-refractivity contribution in [2.45, 2.75) is 0 Å². The number of aromatic nitrogens is 2. The molecular formula is C18H18Cl2N6. The van der Waals surface area contributed by atoms with Gasteiger partial charge in [0.25, 0.3) is 0 Å². The quantitative estimate of drug-likeness (QED) is 0.404. The van der Waals surface area contributed by atoms with Crippen molar-refractivity contribution in [3.63, 3.8) is 0 Å². The van der Waals surface area contributed by atoms with Gasteiger partial charge in [0.15, 0.2) is 0 Å². The predicted octanol–water partition coefficient (Wildman–Crippen LogP) is 3.22. The summed E-state index contributed by atoms with van der Waals surface area (Å²) < 4.78 is 0. The Bertz CT molecular complexity index is 835. The highest BCUT2D eigenvalue weighted by Gasteiger charge is 2.05. The van der Waals surface area contributed by atoms with E-state index >= 15 is 0 Å². The van der Waals surface area contributed by atoms with E-state index in [1.165, 1.54) is 0 Å². The van der Waals surface area contributed by atoms with E-state index in [4.69, 9.17) is 22.3 Å². The van der Waals surface area contributed by atoms with Crippen molar-refractivity contribution in [2.75, 3.05) is 0 Å². The molecule has 8 heteroatoms. The first-order chi connectivity index (χ1) is 11.5. The van der Waals surface area contributed by atoms with Gasteiger partial charge in [0.2, 0.25) is 0 Å². The van der Waals surface area contributed by atoms with Crippen molar-refractivity contribution in [1.82, 2.24) is 9.97 Å². The molecule has 3 rings (SSSR count). The van der Waals surface area contributed by atoms with Crippen LogP contribution in [0.25, 0.3) is 22.3 Å². The van der Waals surface area contributed by atoms with Crippen LogP contribution in [-0.2, 0) is 0 Å². The average molecular weight is 389 g/mol. The first kappa shape index (κ1) is 21.1. The van der Waals surface area contributed by atoms with Crippen LogP contribution in [0.15, 0.2) is 60.9 Å². The topological polar surface area (TPSA) is 126 Å². The van der Waals surface area contributed by atoms with Gasteiger partial charge in [-0.25, -0.2) is 0 Å². The molecule has 26 heavy (non-hydrogen) atoms. The van der Waals surface area contributed by atoms with Gasteiger partial charge in [-0.1, -0.05) is 30.3 Å². The van der Waals surface area contributed by atoms with E-state index in [1.54, 1.807) is 24.5 Å². The fourth-order valence-corrected chi connectivity index (χ4v) is 2.33. The van der Waals surface area contributed by atoms with Crippen LogP contribution in [0.3, 0.4) is 0 Å². The average Bonchev–Trinajstić information content (AvgIpc) is 2.62. The first-order valence-electron chi connectivity index (χ1n) is 7.26. The number of benzene rings is 1. The van der Waals surface area contributed by atoms with E-state index in [0.717, 1.165) is 22.3 Å². The molecule has 0 saturated carbocycles. The van der Waals surface area contributed by atoms with Crippen molar-refractivity contribution < 1.29 is 0 Å². The van der Waals surface area contributed by atoms with Crippen LogP contribution in [0.1, 0.15) is 11.4 Å². The molecule has 0 radical (unpaired) electrons. The van der Waals surface area contributed by atoms with Crippen molar-refractivity contribution in [3.05, 3.63) is 72.3 Å². The standard InChI is InChI=1S/C18H16N6.2ClH/c19-17(20)15-6-4-13(9-23-15)11-2-1-3-12(8-11)14-5-7-16(18(21)22)24-10-14;;/h1-10H,(H3,19,20)(H3,21,22);2*1H. The third-order valence-corrected chi connectivity index (χ3v) is 3.61. The molecular weight excluding hydrogens is 371 g/mol. The number of rotatable bonds is 4. The summed E-state index contributed by atoms with van der Waals surface area (Å²) in [4.78, 5) is 8.38. The maximum absolute atomic E-state index is 7.39. The van der Waals surface area contributed by atoms with Gasteiger partial charge < -0.3 is 11.5 Å². The Hall–Kier alpha value is -2.96. The van der Waals surface area contributed by atoms with Gasteiger partial charge in [0.1, 0.15) is 23.1 Å². The highest BCUT2D eigenvalue weighted by atomic mass is 35.5. The molecule has 0 aliphatic carbocycles. The lowest BCUT2D eigenvalue weighted by Gasteiger charge is -2.07. The fraction of sp³-hybridized carbons (Fsp3) is 0. The Morgan fingerprint density at radius 1 is 0.654 bits per heavy atom. The van der Waals surface area contributed by atoms with Crippen LogP contribution < -0.4 is 11.5 Å². The van der Waals surface area contributed by atoms with Crippen LogP contribution in [0.2, 0.25) is 0 Å². The lowest BCUT2D eigenvalue weighted by atomic mass is 10.0. The third kappa shape index (κ3) is 4.56. The van der Waals surface area contributed by atoms with Gasteiger partial charge >= 0.3 is 0 Å². The molecule has 0 atom stereocenters. The molecule has 0 aliphatic rings. The zero-order chi connectivity index (χ0) is 17.1. The fourth-order valence-electron chi connectivity index (χ4n) is 2.33. The lowest BCUT2D eigenvalue weighted by molar-refractivity contribution is 1.25. The number of nitrogen functional groups attached to an aromatic ring is 2. The van der Waals surface area contributed by atoms with Crippen molar-refractivity contribution in [1.29, 1.82) is 10.8 Å². The number of pyridine rings is 2. The van der Waals surface area contributed by atoms with Gasteiger partial charge in [-0.3, -0.25) is 20.8 Å². The summed E-state index contributed by atoms with van der Waals surface area (Å²) in [6.07, 6.45) is 3.40. The van der Waals surface area contributed by atoms with E-state index in [9.17, 15) is 0 Å². The zero-order valence-electron chi connectivity index (χ0n) is 13.6. The second kappa shape index (κ2) is 8.94. The Balaban J connectivity index is 0.00000169. The molecule has 0 bridgehead atoms. The van der Waals surface area contributed by atoms with Crippen molar-refractivity contribution in [3.8, 4) is 22.3 Å². The van der Waals surface area contributed by atoms with E-state index in [0.29, 0.717) is 11.4 Å². The van der Waals surface area contributed by atoms with Gasteiger partial charge in [0.05, 0.1) is 0 Å². The first-order valence-corrected chi connectivity index (χ1v) is 7.26. The van der Waals surface area contributed by atoms with E-state index in [2.05, 4.69) is 9.97 Å². The van der Waals surface area contributed by atoms with Crippen LogP contribution in [0.4, 0.5) is 0 Å².